The van der Waals surface area contributed by atoms with E-state index in [4.69, 9.17) is 0 Å². The first-order valence-electron chi connectivity index (χ1n) is 4.80. The zero-order valence-corrected chi connectivity index (χ0v) is 8.74. The molecule has 0 spiro atoms. The number of amides is 1. The average Bonchev–Trinajstić information content (AvgIpc) is 2.28. The van der Waals surface area contributed by atoms with Gasteiger partial charge < -0.3 is 5.32 Å². The summed E-state index contributed by atoms with van der Waals surface area (Å²) >= 11 is 0. The monoisotopic (exact) mass is 200 g/mol. The molecule has 1 amide bonds. The first-order valence-corrected chi connectivity index (χ1v) is 4.80. The Balaban J connectivity index is 2.80. The Hall–Kier alpha value is -1.90. The number of carbonyl (C=O) groups is 1. The van der Waals surface area contributed by atoms with Crippen molar-refractivity contribution < 1.29 is 4.79 Å². The van der Waals surface area contributed by atoms with Crippen LogP contribution in [0.1, 0.15) is 15.9 Å². The number of nitrogens with zero attached hydrogens (tertiary/aromatic N) is 1. The number of carbonyl (C=O) groups excluding carboxylic acids is 1. The van der Waals surface area contributed by atoms with E-state index in [1.54, 1.807) is 19.3 Å². The molecule has 2 aromatic rings. The fourth-order valence-electron chi connectivity index (χ4n) is 1.71. The van der Waals surface area contributed by atoms with Gasteiger partial charge in [0.05, 0.1) is 11.1 Å². The van der Waals surface area contributed by atoms with Gasteiger partial charge in [-0.05, 0) is 24.6 Å². The summed E-state index contributed by atoms with van der Waals surface area (Å²) in [5.41, 5.74) is 2.61. The molecule has 0 saturated carbocycles. The summed E-state index contributed by atoms with van der Waals surface area (Å²) in [6.45, 7) is 1.98. The maximum Gasteiger partial charge on any atom is 0.251 e. The van der Waals surface area contributed by atoms with Crippen molar-refractivity contribution in [3.8, 4) is 0 Å². The Kier molecular flexibility index (Phi) is 2.37. The van der Waals surface area contributed by atoms with Crippen LogP contribution in [0.15, 0.2) is 30.5 Å². The van der Waals surface area contributed by atoms with Crippen molar-refractivity contribution in [2.24, 2.45) is 0 Å². The Morgan fingerprint density at radius 3 is 2.87 bits per heavy atom. The van der Waals surface area contributed by atoms with Crippen LogP contribution in [0.3, 0.4) is 0 Å². The smallest absolute Gasteiger partial charge is 0.251 e. The largest absolute Gasteiger partial charge is 0.355 e. The third-order valence-corrected chi connectivity index (χ3v) is 2.45. The zero-order valence-electron chi connectivity index (χ0n) is 8.74. The van der Waals surface area contributed by atoms with Crippen molar-refractivity contribution in [1.82, 2.24) is 10.3 Å². The van der Waals surface area contributed by atoms with E-state index < -0.39 is 0 Å². The molecule has 3 nitrogen and oxygen atoms in total. The highest BCUT2D eigenvalue weighted by Gasteiger charge is 2.09. The van der Waals surface area contributed by atoms with Crippen LogP contribution < -0.4 is 5.32 Å². The SMILES string of the molecule is CNC(=O)c1ccnc2cccc(C)c12. The lowest BCUT2D eigenvalue weighted by Gasteiger charge is -2.06. The lowest BCUT2D eigenvalue weighted by molar-refractivity contribution is 0.0964. The molecular formula is C12H12N2O. The summed E-state index contributed by atoms with van der Waals surface area (Å²) in [6, 6.07) is 7.58. The number of aromatic nitrogens is 1. The molecule has 15 heavy (non-hydrogen) atoms. The molecule has 0 radical (unpaired) electrons. The van der Waals surface area contributed by atoms with Crippen LogP contribution in [0.25, 0.3) is 10.9 Å². The maximum atomic E-state index is 11.6. The molecule has 1 aromatic heterocycles. The van der Waals surface area contributed by atoms with Gasteiger partial charge in [-0.2, -0.15) is 0 Å². The quantitative estimate of drug-likeness (QED) is 0.764. The second-order valence-corrected chi connectivity index (χ2v) is 3.41. The number of benzene rings is 1. The lowest BCUT2D eigenvalue weighted by atomic mass is 10.0. The molecule has 0 aliphatic carbocycles. The molecule has 0 saturated heterocycles. The number of fused-ring (bicyclic) bond motifs is 1. The van der Waals surface area contributed by atoms with Crippen LogP contribution in [-0.2, 0) is 0 Å². The summed E-state index contributed by atoms with van der Waals surface area (Å²) < 4.78 is 0. The van der Waals surface area contributed by atoms with Gasteiger partial charge in [0.2, 0.25) is 0 Å². The van der Waals surface area contributed by atoms with Gasteiger partial charge in [0.1, 0.15) is 0 Å². The number of hydrogen-bond acceptors (Lipinski definition) is 2. The summed E-state index contributed by atoms with van der Waals surface area (Å²) in [6.07, 6.45) is 1.66. The summed E-state index contributed by atoms with van der Waals surface area (Å²) in [7, 11) is 1.63. The fraction of sp³-hybridized carbons (Fsp3) is 0.167. The van der Waals surface area contributed by atoms with Crippen LogP contribution in [0.5, 0.6) is 0 Å². The van der Waals surface area contributed by atoms with Gasteiger partial charge >= 0.3 is 0 Å². The molecule has 0 aliphatic heterocycles. The molecule has 0 atom stereocenters. The standard InChI is InChI=1S/C12H12N2O/c1-8-4-3-5-10-11(8)9(6-7-14-10)12(15)13-2/h3-7H,1-2H3,(H,13,15). The van der Waals surface area contributed by atoms with E-state index in [1.165, 1.54) is 0 Å². The van der Waals surface area contributed by atoms with Gasteiger partial charge in [0, 0.05) is 18.6 Å². The molecule has 0 aliphatic rings. The van der Waals surface area contributed by atoms with Crippen molar-refractivity contribution in [1.29, 1.82) is 0 Å². The van der Waals surface area contributed by atoms with Crippen LogP contribution in [0.4, 0.5) is 0 Å². The highest BCUT2D eigenvalue weighted by Crippen LogP contribution is 2.20. The van der Waals surface area contributed by atoms with Crippen molar-refractivity contribution in [2.75, 3.05) is 7.05 Å². The predicted octanol–water partition coefficient (Wildman–Crippen LogP) is 1.90. The molecule has 1 aromatic carbocycles. The molecule has 1 heterocycles. The Bertz CT molecular complexity index is 515. The first kappa shape index (κ1) is 9.65. The Morgan fingerprint density at radius 1 is 1.33 bits per heavy atom. The van der Waals surface area contributed by atoms with Crippen molar-refractivity contribution in [3.63, 3.8) is 0 Å². The molecule has 0 bridgehead atoms. The Morgan fingerprint density at radius 2 is 2.13 bits per heavy atom. The van der Waals surface area contributed by atoms with Crippen LogP contribution in [-0.4, -0.2) is 17.9 Å². The summed E-state index contributed by atoms with van der Waals surface area (Å²) in [4.78, 5) is 15.9. The Labute approximate surface area is 88.1 Å². The van der Waals surface area contributed by atoms with Gasteiger partial charge in [0.15, 0.2) is 0 Å². The van der Waals surface area contributed by atoms with E-state index in [0.29, 0.717) is 5.56 Å². The summed E-state index contributed by atoms with van der Waals surface area (Å²) in [5.74, 6) is -0.0725. The van der Waals surface area contributed by atoms with E-state index in [9.17, 15) is 4.79 Å². The van der Waals surface area contributed by atoms with E-state index >= 15 is 0 Å². The number of rotatable bonds is 1. The predicted molar refractivity (Wildman–Crippen MR) is 59.9 cm³/mol. The molecule has 0 unspecified atom stereocenters. The van der Waals surface area contributed by atoms with E-state index in [1.807, 2.05) is 25.1 Å². The first-order chi connectivity index (χ1) is 7.24. The number of nitrogens with one attached hydrogen (secondary N) is 1. The minimum atomic E-state index is -0.0725. The van der Waals surface area contributed by atoms with Crippen LogP contribution >= 0.6 is 0 Å². The molecular weight excluding hydrogens is 188 g/mol. The van der Waals surface area contributed by atoms with Crippen LogP contribution in [0, 0.1) is 6.92 Å². The topological polar surface area (TPSA) is 42.0 Å². The van der Waals surface area contributed by atoms with Gasteiger partial charge in [-0.15, -0.1) is 0 Å². The number of aryl methyl sites for hydroxylation is 1. The molecule has 0 fully saturated rings. The van der Waals surface area contributed by atoms with Gasteiger partial charge in [-0.25, -0.2) is 0 Å². The third kappa shape index (κ3) is 1.56. The maximum absolute atomic E-state index is 11.6. The normalized spacial score (nSPS) is 10.3. The van der Waals surface area contributed by atoms with Crippen molar-refractivity contribution in [3.05, 3.63) is 41.6 Å². The highest BCUT2D eigenvalue weighted by molar-refractivity contribution is 6.06. The van der Waals surface area contributed by atoms with E-state index in [2.05, 4.69) is 10.3 Å². The van der Waals surface area contributed by atoms with Crippen molar-refractivity contribution >= 4 is 16.8 Å². The van der Waals surface area contributed by atoms with Gasteiger partial charge in [-0.1, -0.05) is 12.1 Å². The second kappa shape index (κ2) is 3.69. The number of pyridine rings is 1. The van der Waals surface area contributed by atoms with Crippen molar-refractivity contribution in [2.45, 2.75) is 6.92 Å². The minimum Gasteiger partial charge on any atom is -0.355 e. The zero-order chi connectivity index (χ0) is 10.8. The molecule has 2 rings (SSSR count). The highest BCUT2D eigenvalue weighted by atomic mass is 16.1. The molecule has 76 valence electrons. The van der Waals surface area contributed by atoms with E-state index in [-0.39, 0.29) is 5.91 Å². The molecule has 3 heteroatoms. The third-order valence-electron chi connectivity index (χ3n) is 2.45. The van der Waals surface area contributed by atoms with Gasteiger partial charge in [-0.3, -0.25) is 9.78 Å². The number of hydrogen-bond donors (Lipinski definition) is 1. The van der Waals surface area contributed by atoms with E-state index in [0.717, 1.165) is 16.5 Å². The lowest BCUT2D eigenvalue weighted by Crippen LogP contribution is -2.18. The van der Waals surface area contributed by atoms with Crippen LogP contribution in [0.2, 0.25) is 0 Å². The summed E-state index contributed by atoms with van der Waals surface area (Å²) in [5, 5.41) is 3.56. The van der Waals surface area contributed by atoms with Gasteiger partial charge in [0.25, 0.3) is 5.91 Å². The second-order valence-electron chi connectivity index (χ2n) is 3.41. The minimum absolute atomic E-state index is 0.0725. The fourth-order valence-corrected chi connectivity index (χ4v) is 1.71. The molecule has 1 N–H and O–H groups in total. The average molecular weight is 200 g/mol.